The quantitative estimate of drug-likeness (QED) is 0.558. The lowest BCUT2D eigenvalue weighted by Crippen LogP contribution is -2.35. The van der Waals surface area contributed by atoms with Crippen molar-refractivity contribution < 1.29 is 4.79 Å². The standard InChI is InChI=1S/C24H30N2O/c1-5-15-26(16-6-2)24(27)18(4)22-20-13-9-10-14-21(20)25-23(22)19-12-8-7-11-17(19)3/h7-14,18,25H,5-6,15-16H2,1-4H3. The first kappa shape index (κ1) is 19.2. The van der Waals surface area contributed by atoms with E-state index >= 15 is 0 Å². The Bertz CT molecular complexity index is 919. The molecule has 0 saturated heterocycles. The van der Waals surface area contributed by atoms with Crippen LogP contribution in [-0.4, -0.2) is 28.9 Å². The number of para-hydroxylation sites is 1. The largest absolute Gasteiger partial charge is 0.354 e. The van der Waals surface area contributed by atoms with Crippen molar-refractivity contribution in [1.29, 1.82) is 0 Å². The van der Waals surface area contributed by atoms with Crippen LogP contribution in [0.25, 0.3) is 22.2 Å². The number of nitrogens with zero attached hydrogens (tertiary/aromatic N) is 1. The summed E-state index contributed by atoms with van der Waals surface area (Å²) in [4.78, 5) is 19.0. The van der Waals surface area contributed by atoms with E-state index in [4.69, 9.17) is 0 Å². The van der Waals surface area contributed by atoms with Gasteiger partial charge in [0.25, 0.3) is 0 Å². The Morgan fingerprint density at radius 2 is 1.63 bits per heavy atom. The number of aryl methyl sites for hydroxylation is 1. The molecule has 1 amide bonds. The topological polar surface area (TPSA) is 36.1 Å². The molecule has 3 nitrogen and oxygen atoms in total. The zero-order valence-corrected chi connectivity index (χ0v) is 16.9. The van der Waals surface area contributed by atoms with Gasteiger partial charge in [-0.3, -0.25) is 4.79 Å². The number of aromatic nitrogens is 1. The van der Waals surface area contributed by atoms with Crippen LogP contribution in [0.5, 0.6) is 0 Å². The van der Waals surface area contributed by atoms with Crippen molar-refractivity contribution in [3.63, 3.8) is 0 Å². The smallest absolute Gasteiger partial charge is 0.229 e. The number of H-pyrrole nitrogens is 1. The van der Waals surface area contributed by atoms with Gasteiger partial charge in [0, 0.05) is 29.6 Å². The summed E-state index contributed by atoms with van der Waals surface area (Å²) in [6.07, 6.45) is 1.97. The van der Waals surface area contributed by atoms with Crippen LogP contribution in [0.3, 0.4) is 0 Å². The highest BCUT2D eigenvalue weighted by Crippen LogP contribution is 2.37. The zero-order valence-electron chi connectivity index (χ0n) is 16.9. The lowest BCUT2D eigenvalue weighted by Gasteiger charge is -2.26. The average molecular weight is 363 g/mol. The summed E-state index contributed by atoms with van der Waals surface area (Å²) in [6.45, 7) is 10.1. The lowest BCUT2D eigenvalue weighted by atomic mass is 9.92. The SMILES string of the molecule is CCCN(CCC)C(=O)C(C)c1c(-c2ccccc2C)[nH]c2ccccc12. The second-order valence-corrected chi connectivity index (χ2v) is 7.32. The van der Waals surface area contributed by atoms with Crippen molar-refractivity contribution in [1.82, 2.24) is 9.88 Å². The summed E-state index contributed by atoms with van der Waals surface area (Å²) in [6, 6.07) is 16.7. The van der Waals surface area contributed by atoms with Gasteiger partial charge in [-0.25, -0.2) is 0 Å². The number of hydrogen-bond donors (Lipinski definition) is 1. The molecule has 1 N–H and O–H groups in total. The van der Waals surface area contributed by atoms with Crippen LogP contribution in [-0.2, 0) is 4.79 Å². The molecule has 3 aromatic rings. The molecular formula is C24H30N2O. The second kappa shape index (κ2) is 8.43. The minimum atomic E-state index is -0.186. The molecule has 1 heterocycles. The van der Waals surface area contributed by atoms with E-state index in [1.165, 1.54) is 11.1 Å². The zero-order chi connectivity index (χ0) is 19.4. The van der Waals surface area contributed by atoms with Gasteiger partial charge in [-0.2, -0.15) is 0 Å². The summed E-state index contributed by atoms with van der Waals surface area (Å²) in [5.41, 5.74) is 5.65. The van der Waals surface area contributed by atoms with Gasteiger partial charge < -0.3 is 9.88 Å². The number of fused-ring (bicyclic) bond motifs is 1. The van der Waals surface area contributed by atoms with Crippen LogP contribution in [0.15, 0.2) is 48.5 Å². The predicted octanol–water partition coefficient (Wildman–Crippen LogP) is 5.90. The molecular weight excluding hydrogens is 332 g/mol. The minimum Gasteiger partial charge on any atom is -0.354 e. The molecule has 0 bridgehead atoms. The Balaban J connectivity index is 2.13. The molecule has 27 heavy (non-hydrogen) atoms. The highest BCUT2D eigenvalue weighted by Gasteiger charge is 2.27. The first-order chi connectivity index (χ1) is 13.1. The van der Waals surface area contributed by atoms with Crippen LogP contribution in [0, 0.1) is 6.92 Å². The summed E-state index contributed by atoms with van der Waals surface area (Å²) < 4.78 is 0. The number of aromatic amines is 1. The van der Waals surface area contributed by atoms with Crippen LogP contribution >= 0.6 is 0 Å². The molecule has 1 unspecified atom stereocenters. The highest BCUT2D eigenvalue weighted by molar-refractivity contribution is 5.97. The molecule has 0 aliphatic rings. The van der Waals surface area contributed by atoms with Crippen molar-refractivity contribution in [2.45, 2.75) is 46.5 Å². The minimum absolute atomic E-state index is 0.186. The summed E-state index contributed by atoms with van der Waals surface area (Å²) in [7, 11) is 0. The number of benzene rings is 2. The lowest BCUT2D eigenvalue weighted by molar-refractivity contribution is -0.132. The van der Waals surface area contributed by atoms with Crippen molar-refractivity contribution in [2.24, 2.45) is 0 Å². The first-order valence-electron chi connectivity index (χ1n) is 10.0. The van der Waals surface area contributed by atoms with Crippen LogP contribution < -0.4 is 0 Å². The summed E-state index contributed by atoms with van der Waals surface area (Å²) >= 11 is 0. The molecule has 3 rings (SSSR count). The van der Waals surface area contributed by atoms with Gasteiger partial charge in [-0.05, 0) is 43.9 Å². The normalized spacial score (nSPS) is 12.3. The fourth-order valence-electron chi connectivity index (χ4n) is 3.95. The number of carbonyl (C=O) groups excluding carboxylic acids is 1. The van der Waals surface area contributed by atoms with E-state index in [2.05, 4.69) is 69.1 Å². The van der Waals surface area contributed by atoms with Gasteiger partial charge in [0.15, 0.2) is 0 Å². The molecule has 0 spiro atoms. The third-order valence-corrected chi connectivity index (χ3v) is 5.26. The van der Waals surface area contributed by atoms with Crippen LogP contribution in [0.1, 0.15) is 50.7 Å². The van der Waals surface area contributed by atoms with E-state index in [9.17, 15) is 4.79 Å². The second-order valence-electron chi connectivity index (χ2n) is 7.32. The van der Waals surface area contributed by atoms with E-state index in [-0.39, 0.29) is 11.8 Å². The number of nitrogens with one attached hydrogen (secondary N) is 1. The van der Waals surface area contributed by atoms with Crippen molar-refractivity contribution in [3.8, 4) is 11.3 Å². The van der Waals surface area contributed by atoms with E-state index in [1.54, 1.807) is 0 Å². The van der Waals surface area contributed by atoms with Gasteiger partial charge in [0.05, 0.1) is 11.6 Å². The van der Waals surface area contributed by atoms with Crippen LogP contribution in [0.4, 0.5) is 0 Å². The van der Waals surface area contributed by atoms with Crippen LogP contribution in [0.2, 0.25) is 0 Å². The van der Waals surface area contributed by atoms with E-state index < -0.39 is 0 Å². The maximum Gasteiger partial charge on any atom is 0.229 e. The third-order valence-electron chi connectivity index (χ3n) is 5.26. The number of rotatable bonds is 7. The van der Waals surface area contributed by atoms with E-state index in [0.717, 1.165) is 48.1 Å². The molecule has 0 saturated carbocycles. The molecule has 0 radical (unpaired) electrons. The fraction of sp³-hybridized carbons (Fsp3) is 0.375. The Morgan fingerprint density at radius 1 is 1.00 bits per heavy atom. The van der Waals surface area contributed by atoms with Gasteiger partial charge in [0.2, 0.25) is 5.91 Å². The van der Waals surface area contributed by atoms with E-state index in [1.807, 2.05) is 17.0 Å². The monoisotopic (exact) mass is 362 g/mol. The Kier molecular flexibility index (Phi) is 6.00. The van der Waals surface area contributed by atoms with Crippen molar-refractivity contribution in [2.75, 3.05) is 13.1 Å². The van der Waals surface area contributed by atoms with Crippen molar-refractivity contribution >= 4 is 16.8 Å². The highest BCUT2D eigenvalue weighted by atomic mass is 16.2. The molecule has 3 heteroatoms. The molecule has 2 aromatic carbocycles. The number of amides is 1. The average Bonchev–Trinajstić information content (AvgIpc) is 3.06. The number of hydrogen-bond acceptors (Lipinski definition) is 1. The molecule has 0 aliphatic carbocycles. The Labute approximate surface area is 162 Å². The molecule has 142 valence electrons. The maximum atomic E-state index is 13.3. The summed E-state index contributed by atoms with van der Waals surface area (Å²) in [5.74, 6) is 0.0344. The predicted molar refractivity (Wildman–Crippen MR) is 114 cm³/mol. The number of carbonyl (C=O) groups is 1. The van der Waals surface area contributed by atoms with Crippen molar-refractivity contribution in [3.05, 3.63) is 59.7 Å². The Morgan fingerprint density at radius 3 is 2.30 bits per heavy atom. The third kappa shape index (κ3) is 3.78. The maximum absolute atomic E-state index is 13.3. The molecule has 0 fully saturated rings. The van der Waals surface area contributed by atoms with Gasteiger partial charge in [-0.15, -0.1) is 0 Å². The Hall–Kier alpha value is -2.55. The van der Waals surface area contributed by atoms with Gasteiger partial charge >= 0.3 is 0 Å². The first-order valence-corrected chi connectivity index (χ1v) is 10.0. The van der Waals surface area contributed by atoms with Gasteiger partial charge in [-0.1, -0.05) is 56.3 Å². The molecule has 1 atom stereocenters. The fourth-order valence-corrected chi connectivity index (χ4v) is 3.95. The summed E-state index contributed by atoms with van der Waals surface area (Å²) in [5, 5.41) is 1.14. The molecule has 1 aromatic heterocycles. The van der Waals surface area contributed by atoms with Gasteiger partial charge in [0.1, 0.15) is 0 Å². The van der Waals surface area contributed by atoms with E-state index in [0.29, 0.717) is 0 Å². The molecule has 0 aliphatic heterocycles.